The third-order valence-electron chi connectivity index (χ3n) is 8.21. The molecule has 0 radical (unpaired) electrons. The van der Waals surface area contributed by atoms with E-state index in [1.165, 1.54) is 11.3 Å². The summed E-state index contributed by atoms with van der Waals surface area (Å²) in [7, 11) is 0. The molecule has 0 spiro atoms. The molecule has 2 aliphatic heterocycles. The zero-order valence-corrected chi connectivity index (χ0v) is 26.7. The molecule has 2 aliphatic rings. The fourth-order valence-electron chi connectivity index (χ4n) is 6.40. The van der Waals surface area contributed by atoms with Crippen LogP contribution in [0.25, 0.3) is 10.1 Å². The predicted octanol–water partition coefficient (Wildman–Crippen LogP) is 3.35. The lowest BCUT2D eigenvalue weighted by atomic mass is 9.75. The number of hydrogen-bond donors (Lipinski definition) is 3. The highest BCUT2D eigenvalue weighted by atomic mass is 32.1. The largest absolute Gasteiger partial charge is 0.466 e. The number of nitrogens with two attached hydrogens (primary N) is 1. The first kappa shape index (κ1) is 33.2. The summed E-state index contributed by atoms with van der Waals surface area (Å²) in [6.45, 7) is 8.79. The Kier molecular flexibility index (Phi) is 10.8. The number of urea groups is 1. The zero-order chi connectivity index (χ0) is 32.0. The fourth-order valence-corrected chi connectivity index (χ4v) is 7.49. The van der Waals surface area contributed by atoms with E-state index in [9.17, 15) is 24.0 Å². The average Bonchev–Trinajstić information content (AvgIpc) is 3.33. The molecule has 2 saturated heterocycles. The van der Waals surface area contributed by atoms with Crippen molar-refractivity contribution in [2.45, 2.75) is 65.5 Å². The number of likely N-dealkylation sites (tertiary alicyclic amines) is 2. The van der Waals surface area contributed by atoms with Gasteiger partial charge in [-0.15, -0.1) is 11.3 Å². The first-order chi connectivity index (χ1) is 21.0. The van der Waals surface area contributed by atoms with E-state index in [0.717, 1.165) is 10.1 Å². The second kappa shape index (κ2) is 14.4. The lowest BCUT2D eigenvalue weighted by Gasteiger charge is -2.48. The molecule has 2 aromatic rings. The number of esters is 2. The van der Waals surface area contributed by atoms with Crippen LogP contribution in [0, 0.1) is 11.3 Å². The number of benzene rings is 1. The summed E-state index contributed by atoms with van der Waals surface area (Å²) in [5.41, 5.74) is 4.85. The number of ether oxygens (including phenoxy) is 2. The van der Waals surface area contributed by atoms with Gasteiger partial charge in [0.25, 0.3) is 5.91 Å². The summed E-state index contributed by atoms with van der Waals surface area (Å²) in [6, 6.07) is 6.64. The van der Waals surface area contributed by atoms with Gasteiger partial charge in [0.05, 0.1) is 30.1 Å². The SMILES string of the molecule is CCOC(=O)C1CN(C(=O)c2c(NC(=O)NC(C)C)sc3ccccc23)CCC1N1CCCC(CC(N)=O)(C(=O)OCC)C1. The van der Waals surface area contributed by atoms with Gasteiger partial charge in [0.15, 0.2) is 0 Å². The normalized spacial score (nSPS) is 22.4. The van der Waals surface area contributed by atoms with Crippen molar-refractivity contribution in [2.24, 2.45) is 17.1 Å². The number of fused-ring (bicyclic) bond motifs is 1. The molecule has 1 aromatic carbocycles. The van der Waals surface area contributed by atoms with Crippen molar-refractivity contribution in [3.05, 3.63) is 29.8 Å². The first-order valence-corrected chi connectivity index (χ1v) is 16.1. The molecule has 4 rings (SSSR count). The summed E-state index contributed by atoms with van der Waals surface area (Å²) in [5.74, 6) is -2.46. The molecule has 12 nitrogen and oxygen atoms in total. The highest BCUT2D eigenvalue weighted by Gasteiger charge is 2.49. The van der Waals surface area contributed by atoms with Gasteiger partial charge < -0.3 is 25.4 Å². The van der Waals surface area contributed by atoms with E-state index in [-0.39, 0.29) is 50.7 Å². The Hall–Kier alpha value is -3.71. The maximum absolute atomic E-state index is 14.2. The Morgan fingerprint density at radius 3 is 2.50 bits per heavy atom. The van der Waals surface area contributed by atoms with Crippen LogP contribution >= 0.6 is 11.3 Å². The number of anilines is 1. The first-order valence-electron chi connectivity index (χ1n) is 15.2. The Labute approximate surface area is 261 Å². The summed E-state index contributed by atoms with van der Waals surface area (Å²) in [4.78, 5) is 69.1. The molecule has 4 amide bonds. The van der Waals surface area contributed by atoms with E-state index < -0.39 is 35.2 Å². The van der Waals surface area contributed by atoms with Crippen molar-refractivity contribution in [3.8, 4) is 0 Å². The summed E-state index contributed by atoms with van der Waals surface area (Å²) >= 11 is 1.32. The van der Waals surface area contributed by atoms with Gasteiger partial charge >= 0.3 is 18.0 Å². The number of thiophene rings is 1. The van der Waals surface area contributed by atoms with Crippen molar-refractivity contribution in [3.63, 3.8) is 0 Å². The van der Waals surface area contributed by atoms with Gasteiger partial charge in [0.2, 0.25) is 5.91 Å². The minimum atomic E-state index is -1.10. The van der Waals surface area contributed by atoms with Crippen molar-refractivity contribution in [2.75, 3.05) is 44.7 Å². The molecule has 0 bridgehead atoms. The van der Waals surface area contributed by atoms with Crippen molar-refractivity contribution in [1.82, 2.24) is 15.1 Å². The number of nitrogens with one attached hydrogen (secondary N) is 2. The molecule has 2 fully saturated rings. The highest BCUT2D eigenvalue weighted by molar-refractivity contribution is 7.23. The lowest BCUT2D eigenvalue weighted by molar-refractivity contribution is -0.164. The van der Waals surface area contributed by atoms with Gasteiger partial charge in [-0.3, -0.25) is 29.4 Å². The van der Waals surface area contributed by atoms with Crippen LogP contribution in [0.1, 0.15) is 63.7 Å². The molecule has 0 aliphatic carbocycles. The van der Waals surface area contributed by atoms with Crippen LogP contribution in [-0.2, 0) is 23.9 Å². The van der Waals surface area contributed by atoms with Crippen molar-refractivity contribution < 1.29 is 33.4 Å². The highest BCUT2D eigenvalue weighted by Crippen LogP contribution is 2.40. The Balaban J connectivity index is 1.62. The van der Waals surface area contributed by atoms with Gasteiger partial charge in [-0.05, 0) is 59.6 Å². The second-order valence-electron chi connectivity index (χ2n) is 11.7. The third kappa shape index (κ3) is 7.32. The number of amides is 4. The van der Waals surface area contributed by atoms with Gasteiger partial charge in [0.1, 0.15) is 5.00 Å². The number of carbonyl (C=O) groups excluding carboxylic acids is 5. The molecule has 1 aromatic heterocycles. The Morgan fingerprint density at radius 2 is 1.82 bits per heavy atom. The average molecular weight is 630 g/mol. The molecule has 3 heterocycles. The number of carbonyl (C=O) groups is 5. The van der Waals surface area contributed by atoms with Crippen LogP contribution in [0.3, 0.4) is 0 Å². The minimum absolute atomic E-state index is 0.0896. The molecule has 240 valence electrons. The molecule has 44 heavy (non-hydrogen) atoms. The molecule has 13 heteroatoms. The summed E-state index contributed by atoms with van der Waals surface area (Å²) in [6.07, 6.45) is 1.38. The minimum Gasteiger partial charge on any atom is -0.466 e. The smallest absolute Gasteiger partial charge is 0.320 e. The summed E-state index contributed by atoms with van der Waals surface area (Å²) in [5, 5.41) is 6.80. The van der Waals surface area contributed by atoms with Gasteiger partial charge in [-0.25, -0.2) is 4.79 Å². The number of nitrogens with zero attached hydrogens (tertiary/aromatic N) is 2. The Morgan fingerprint density at radius 1 is 1.09 bits per heavy atom. The molecular formula is C31H43N5O7S. The second-order valence-corrected chi connectivity index (χ2v) is 12.8. The van der Waals surface area contributed by atoms with Crippen LogP contribution in [0.15, 0.2) is 24.3 Å². The van der Waals surface area contributed by atoms with Crippen molar-refractivity contribution >= 4 is 56.2 Å². The lowest BCUT2D eigenvalue weighted by Crippen LogP contribution is -2.60. The van der Waals surface area contributed by atoms with Crippen LogP contribution in [-0.4, -0.2) is 91.1 Å². The van der Waals surface area contributed by atoms with E-state index in [4.69, 9.17) is 15.2 Å². The number of piperidine rings is 2. The van der Waals surface area contributed by atoms with E-state index in [1.807, 2.05) is 38.1 Å². The number of primary amides is 1. The van der Waals surface area contributed by atoms with Gasteiger partial charge in [0, 0.05) is 48.2 Å². The molecule has 3 atom stereocenters. The maximum Gasteiger partial charge on any atom is 0.320 e. The number of rotatable bonds is 10. The standard InChI is InChI=1S/C31H43N5O7S/c1-5-42-28(39)21-17-35(15-12-22(21)36-14-9-13-31(18-36,16-24(32)37)29(40)43-6-2)27(38)25-20-10-7-8-11-23(20)44-26(25)34-30(41)33-19(3)4/h7-8,10-11,19,21-22H,5-6,9,12-18H2,1-4H3,(H2,32,37)(H2,33,34,41). The zero-order valence-electron chi connectivity index (χ0n) is 25.9. The van der Waals surface area contributed by atoms with E-state index in [1.54, 1.807) is 18.7 Å². The van der Waals surface area contributed by atoms with Crippen molar-refractivity contribution in [1.29, 1.82) is 0 Å². The van der Waals surface area contributed by atoms with E-state index >= 15 is 0 Å². The quantitative estimate of drug-likeness (QED) is 0.338. The maximum atomic E-state index is 14.2. The third-order valence-corrected chi connectivity index (χ3v) is 9.29. The van der Waals surface area contributed by atoms with Gasteiger partial charge in [-0.1, -0.05) is 18.2 Å². The molecule has 0 saturated carbocycles. The predicted molar refractivity (Wildman–Crippen MR) is 167 cm³/mol. The monoisotopic (exact) mass is 629 g/mol. The van der Waals surface area contributed by atoms with Crippen LogP contribution in [0.4, 0.5) is 9.80 Å². The van der Waals surface area contributed by atoms with Crippen LogP contribution in [0.5, 0.6) is 0 Å². The molecule has 4 N–H and O–H groups in total. The van der Waals surface area contributed by atoms with E-state index in [0.29, 0.717) is 42.9 Å². The fraction of sp³-hybridized carbons (Fsp3) is 0.581. The van der Waals surface area contributed by atoms with E-state index in [2.05, 4.69) is 15.5 Å². The van der Waals surface area contributed by atoms with Gasteiger partial charge in [-0.2, -0.15) is 0 Å². The Bertz CT molecular complexity index is 1390. The topological polar surface area (TPSA) is 160 Å². The van der Waals surface area contributed by atoms with Crippen LogP contribution < -0.4 is 16.4 Å². The summed E-state index contributed by atoms with van der Waals surface area (Å²) < 4.78 is 11.7. The number of hydrogen-bond acceptors (Lipinski definition) is 9. The van der Waals surface area contributed by atoms with Crippen LogP contribution in [0.2, 0.25) is 0 Å². The molecular weight excluding hydrogens is 586 g/mol. The molecule has 3 unspecified atom stereocenters.